The van der Waals surface area contributed by atoms with Gasteiger partial charge in [-0.25, -0.2) is 9.59 Å². The van der Waals surface area contributed by atoms with E-state index >= 15 is 0 Å². The highest BCUT2D eigenvalue weighted by Gasteiger charge is 2.35. The summed E-state index contributed by atoms with van der Waals surface area (Å²) in [7, 11) is 2.66. The number of carbonyl (C=O) groups is 4. The zero-order valence-corrected chi connectivity index (χ0v) is 21.7. The number of rotatable bonds is 8. The topological polar surface area (TPSA) is 137 Å². The number of methoxy groups -OCH3 is 2. The van der Waals surface area contributed by atoms with Crippen molar-refractivity contribution >= 4 is 45.8 Å². The van der Waals surface area contributed by atoms with E-state index in [4.69, 9.17) is 18.6 Å². The molecule has 13 heteroatoms. The van der Waals surface area contributed by atoms with Crippen LogP contribution >= 0.6 is 15.9 Å². The maximum Gasteiger partial charge on any atom is 0.373 e. The zero-order chi connectivity index (χ0) is 26.5. The van der Waals surface area contributed by atoms with Gasteiger partial charge in [0.05, 0.1) is 34.0 Å². The quantitative estimate of drug-likeness (QED) is 0.284. The van der Waals surface area contributed by atoms with Crippen LogP contribution in [0.5, 0.6) is 11.5 Å². The summed E-state index contributed by atoms with van der Waals surface area (Å²) < 4.78 is 27.1. The fraction of sp³-hybridized carbons (Fsp3) is 0.333. The number of nitrogens with zero attached hydrogens (tertiary/aromatic N) is 2. The molecule has 0 bridgehead atoms. The van der Waals surface area contributed by atoms with E-state index in [2.05, 4.69) is 26.0 Å². The average Bonchev–Trinajstić information content (AvgIpc) is 3.48. The Bertz CT molecular complexity index is 1250. The van der Waals surface area contributed by atoms with Crippen LogP contribution in [0.3, 0.4) is 0 Å². The number of hydrogen-bond acceptors (Lipinski definition) is 9. The fourth-order valence-corrected chi connectivity index (χ4v) is 4.19. The molecule has 37 heavy (non-hydrogen) atoms. The number of ether oxygens (including phenoxy) is 4. The van der Waals surface area contributed by atoms with E-state index in [1.54, 1.807) is 17.0 Å². The molecule has 3 heterocycles. The summed E-state index contributed by atoms with van der Waals surface area (Å²) in [6.07, 6.45) is 1.43. The van der Waals surface area contributed by atoms with Crippen molar-refractivity contribution in [3.05, 3.63) is 51.5 Å². The first kappa shape index (κ1) is 26.2. The SMILES string of the molecule is COC(=O)c1ccc(CN2C(=O)N/C(=C\c3cc(Br)cc(OC)c3OCC(=O)N3CCOCC3)C2=O)o1. The Morgan fingerprint density at radius 3 is 2.62 bits per heavy atom. The summed E-state index contributed by atoms with van der Waals surface area (Å²) in [5.41, 5.74) is 0.381. The molecule has 4 amide bonds. The monoisotopic (exact) mass is 577 g/mol. The van der Waals surface area contributed by atoms with Gasteiger partial charge in [0.25, 0.3) is 11.8 Å². The molecule has 2 aromatic rings. The Morgan fingerprint density at radius 1 is 1.16 bits per heavy atom. The first-order chi connectivity index (χ1) is 17.8. The van der Waals surface area contributed by atoms with Crippen molar-refractivity contribution < 1.29 is 42.5 Å². The number of benzene rings is 1. The molecule has 0 unspecified atom stereocenters. The second-order valence-corrected chi connectivity index (χ2v) is 8.86. The molecule has 1 aromatic heterocycles. The smallest absolute Gasteiger partial charge is 0.373 e. The maximum absolute atomic E-state index is 13.0. The fourth-order valence-electron chi connectivity index (χ4n) is 3.74. The molecule has 2 saturated heterocycles. The first-order valence-electron chi connectivity index (χ1n) is 11.2. The van der Waals surface area contributed by atoms with Crippen LogP contribution < -0.4 is 14.8 Å². The first-order valence-corrected chi connectivity index (χ1v) is 12.0. The number of hydrogen-bond donors (Lipinski definition) is 1. The Labute approximate surface area is 220 Å². The van der Waals surface area contributed by atoms with Gasteiger partial charge >= 0.3 is 12.0 Å². The lowest BCUT2D eigenvalue weighted by atomic mass is 10.1. The van der Waals surface area contributed by atoms with Crippen LogP contribution in [-0.4, -0.2) is 80.7 Å². The predicted octanol–water partition coefficient (Wildman–Crippen LogP) is 2.17. The van der Waals surface area contributed by atoms with Gasteiger partial charge in [-0.1, -0.05) is 15.9 Å². The van der Waals surface area contributed by atoms with Gasteiger partial charge in [-0.2, -0.15) is 0 Å². The molecule has 1 aromatic carbocycles. The third-order valence-electron chi connectivity index (χ3n) is 5.60. The van der Waals surface area contributed by atoms with E-state index in [1.807, 2.05) is 0 Å². The number of morpholine rings is 1. The van der Waals surface area contributed by atoms with Gasteiger partial charge in [0.1, 0.15) is 11.5 Å². The van der Waals surface area contributed by atoms with E-state index in [0.29, 0.717) is 42.1 Å². The normalized spacial score (nSPS) is 16.7. The molecule has 0 aliphatic carbocycles. The molecule has 196 valence electrons. The van der Waals surface area contributed by atoms with Gasteiger partial charge in [-0.3, -0.25) is 14.5 Å². The summed E-state index contributed by atoms with van der Waals surface area (Å²) >= 11 is 3.40. The molecule has 12 nitrogen and oxygen atoms in total. The van der Waals surface area contributed by atoms with E-state index in [1.165, 1.54) is 32.4 Å². The third kappa shape index (κ3) is 5.94. The van der Waals surface area contributed by atoms with Crippen LogP contribution in [0.25, 0.3) is 6.08 Å². The van der Waals surface area contributed by atoms with Crippen molar-refractivity contribution in [1.82, 2.24) is 15.1 Å². The van der Waals surface area contributed by atoms with E-state index in [0.717, 1.165) is 4.90 Å². The van der Waals surface area contributed by atoms with Gasteiger partial charge in [0.15, 0.2) is 18.1 Å². The number of amides is 4. The highest BCUT2D eigenvalue weighted by atomic mass is 79.9. The lowest BCUT2D eigenvalue weighted by Crippen LogP contribution is -2.43. The van der Waals surface area contributed by atoms with Gasteiger partial charge in [0.2, 0.25) is 5.76 Å². The lowest BCUT2D eigenvalue weighted by Gasteiger charge is -2.27. The van der Waals surface area contributed by atoms with Crippen molar-refractivity contribution in [2.45, 2.75) is 6.54 Å². The number of halogens is 1. The molecule has 2 aliphatic rings. The summed E-state index contributed by atoms with van der Waals surface area (Å²) in [6.45, 7) is 1.43. The Hall–Kier alpha value is -3.84. The summed E-state index contributed by atoms with van der Waals surface area (Å²) in [5, 5.41) is 2.53. The Balaban J connectivity index is 1.54. The number of imide groups is 1. The molecule has 0 spiro atoms. The minimum atomic E-state index is -0.674. The van der Waals surface area contributed by atoms with Gasteiger partial charge < -0.3 is 33.6 Å². The Kier molecular flexibility index (Phi) is 8.14. The van der Waals surface area contributed by atoms with Crippen LogP contribution in [-0.2, 0) is 25.6 Å². The minimum Gasteiger partial charge on any atom is -0.493 e. The zero-order valence-electron chi connectivity index (χ0n) is 20.1. The van der Waals surface area contributed by atoms with Crippen LogP contribution in [0.2, 0.25) is 0 Å². The Morgan fingerprint density at radius 2 is 1.92 bits per heavy atom. The molecule has 0 radical (unpaired) electrons. The molecule has 2 fully saturated rings. The van der Waals surface area contributed by atoms with Crippen molar-refractivity contribution in [3.63, 3.8) is 0 Å². The minimum absolute atomic E-state index is 0.0192. The number of carbonyl (C=O) groups excluding carboxylic acids is 4. The predicted molar refractivity (Wildman–Crippen MR) is 131 cm³/mol. The molecule has 4 rings (SSSR count). The standard InChI is InChI=1S/C24H24BrN3O9/c1-33-19-11-15(25)9-14(21(19)36-13-20(29)27-5-7-35-8-6-27)10-17-22(30)28(24(32)26-17)12-16-3-4-18(37-16)23(31)34-2/h3-4,9-11H,5-8,12-13H2,1-2H3,(H,26,32)/b17-10-. The molecule has 2 aliphatic heterocycles. The summed E-state index contributed by atoms with van der Waals surface area (Å²) in [6, 6.07) is 5.53. The van der Waals surface area contributed by atoms with Crippen molar-refractivity contribution in [2.24, 2.45) is 0 Å². The highest BCUT2D eigenvalue weighted by molar-refractivity contribution is 9.10. The average molecular weight is 578 g/mol. The van der Waals surface area contributed by atoms with Crippen molar-refractivity contribution in [2.75, 3.05) is 47.1 Å². The van der Waals surface area contributed by atoms with Gasteiger partial charge in [0, 0.05) is 23.1 Å². The summed E-state index contributed by atoms with van der Waals surface area (Å²) in [4.78, 5) is 52.4. The lowest BCUT2D eigenvalue weighted by molar-refractivity contribution is -0.137. The van der Waals surface area contributed by atoms with E-state index in [9.17, 15) is 19.2 Å². The van der Waals surface area contributed by atoms with Crippen LogP contribution in [0.4, 0.5) is 4.79 Å². The maximum atomic E-state index is 13.0. The van der Waals surface area contributed by atoms with E-state index in [-0.39, 0.29) is 42.0 Å². The van der Waals surface area contributed by atoms with Crippen molar-refractivity contribution in [3.8, 4) is 11.5 Å². The highest BCUT2D eigenvalue weighted by Crippen LogP contribution is 2.36. The number of furan rings is 1. The molecule has 0 saturated carbocycles. The van der Waals surface area contributed by atoms with Crippen molar-refractivity contribution in [1.29, 1.82) is 0 Å². The van der Waals surface area contributed by atoms with Crippen LogP contribution in [0, 0.1) is 0 Å². The number of urea groups is 1. The third-order valence-corrected chi connectivity index (χ3v) is 6.05. The van der Waals surface area contributed by atoms with Crippen LogP contribution in [0.15, 0.2) is 38.9 Å². The van der Waals surface area contributed by atoms with Gasteiger partial charge in [-0.05, 0) is 30.3 Å². The molecule has 1 N–H and O–H groups in total. The van der Waals surface area contributed by atoms with Gasteiger partial charge in [-0.15, -0.1) is 0 Å². The molecule has 0 atom stereocenters. The van der Waals surface area contributed by atoms with E-state index < -0.39 is 17.9 Å². The van der Waals surface area contributed by atoms with Crippen LogP contribution in [0.1, 0.15) is 21.9 Å². The number of esters is 1. The molecular formula is C24H24BrN3O9. The number of nitrogens with one attached hydrogen (secondary N) is 1. The second kappa shape index (κ2) is 11.5. The second-order valence-electron chi connectivity index (χ2n) is 7.95. The summed E-state index contributed by atoms with van der Waals surface area (Å²) in [5.74, 6) is -0.768. The molecular weight excluding hydrogens is 554 g/mol. The largest absolute Gasteiger partial charge is 0.493 e.